The highest BCUT2D eigenvalue weighted by molar-refractivity contribution is 5.58. The van der Waals surface area contributed by atoms with Gasteiger partial charge in [0.2, 0.25) is 0 Å². The third-order valence-electron chi connectivity index (χ3n) is 3.35. The molecule has 0 bridgehead atoms. The summed E-state index contributed by atoms with van der Waals surface area (Å²) in [6, 6.07) is 6.52. The number of aryl methyl sites for hydroxylation is 1. The predicted molar refractivity (Wildman–Crippen MR) is 82.9 cm³/mol. The zero-order valence-corrected chi connectivity index (χ0v) is 12.0. The van der Waals surface area contributed by atoms with Gasteiger partial charge in [-0.2, -0.15) is 0 Å². The van der Waals surface area contributed by atoms with E-state index in [2.05, 4.69) is 56.9 Å². The Kier molecular flexibility index (Phi) is 5.64. The van der Waals surface area contributed by atoms with Crippen molar-refractivity contribution in [2.24, 2.45) is 0 Å². The van der Waals surface area contributed by atoms with E-state index in [0.29, 0.717) is 5.92 Å². The van der Waals surface area contributed by atoms with E-state index in [4.69, 9.17) is 0 Å². The Balaban J connectivity index is 0.000000771. The molecule has 0 aliphatic heterocycles. The molecule has 0 saturated carbocycles. The first kappa shape index (κ1) is 14.5. The molecular formula is C18H24. The molecule has 0 N–H and O–H groups in total. The normalized spacial score (nSPS) is 17.6. The lowest BCUT2D eigenvalue weighted by molar-refractivity contribution is 0.794. The zero-order valence-electron chi connectivity index (χ0n) is 12.0. The van der Waals surface area contributed by atoms with Gasteiger partial charge in [-0.25, -0.2) is 0 Å². The van der Waals surface area contributed by atoms with E-state index in [1.54, 1.807) is 0 Å². The minimum absolute atomic E-state index is 0.526. The summed E-state index contributed by atoms with van der Waals surface area (Å²) in [6.07, 6.45) is 9.69. The van der Waals surface area contributed by atoms with Crippen LogP contribution in [0.5, 0.6) is 0 Å². The molecule has 1 aliphatic carbocycles. The molecule has 1 aromatic carbocycles. The van der Waals surface area contributed by atoms with Crippen molar-refractivity contribution in [2.45, 2.75) is 40.0 Å². The predicted octanol–water partition coefficient (Wildman–Crippen LogP) is 5.65. The maximum Gasteiger partial charge on any atom is 0.00891 e. The summed E-state index contributed by atoms with van der Waals surface area (Å²) in [7, 11) is 0. The van der Waals surface area contributed by atoms with Crippen molar-refractivity contribution in [3.8, 4) is 0 Å². The van der Waals surface area contributed by atoms with E-state index in [0.717, 1.165) is 6.42 Å². The molecule has 0 saturated heterocycles. The molecule has 0 heteroatoms. The van der Waals surface area contributed by atoms with Gasteiger partial charge in [0.05, 0.1) is 0 Å². The van der Waals surface area contributed by atoms with Crippen LogP contribution < -0.4 is 0 Å². The number of hydrogen-bond donors (Lipinski definition) is 0. The van der Waals surface area contributed by atoms with Gasteiger partial charge in [-0.3, -0.25) is 0 Å². The van der Waals surface area contributed by atoms with E-state index in [1.807, 2.05) is 19.9 Å². The van der Waals surface area contributed by atoms with Crippen LogP contribution in [0.15, 0.2) is 48.6 Å². The van der Waals surface area contributed by atoms with Gasteiger partial charge >= 0.3 is 0 Å². The molecule has 0 aromatic heterocycles. The van der Waals surface area contributed by atoms with Crippen LogP contribution in [0.25, 0.3) is 6.08 Å². The first-order valence-corrected chi connectivity index (χ1v) is 6.79. The molecule has 0 fully saturated rings. The van der Waals surface area contributed by atoms with Crippen molar-refractivity contribution < 1.29 is 0 Å². The molecular weight excluding hydrogens is 216 g/mol. The minimum Gasteiger partial charge on any atom is -0.0984 e. The van der Waals surface area contributed by atoms with Crippen LogP contribution in [0.4, 0.5) is 0 Å². The van der Waals surface area contributed by atoms with Gasteiger partial charge in [0, 0.05) is 5.92 Å². The lowest BCUT2D eigenvalue weighted by atomic mass is 9.82. The second kappa shape index (κ2) is 7.00. The monoisotopic (exact) mass is 240 g/mol. The van der Waals surface area contributed by atoms with Crippen molar-refractivity contribution in [2.75, 3.05) is 0 Å². The molecule has 2 rings (SSSR count). The Morgan fingerprint density at radius 1 is 1.22 bits per heavy atom. The van der Waals surface area contributed by atoms with Crippen molar-refractivity contribution >= 4 is 6.08 Å². The van der Waals surface area contributed by atoms with Crippen molar-refractivity contribution in [3.05, 3.63) is 65.3 Å². The van der Waals surface area contributed by atoms with E-state index >= 15 is 0 Å². The van der Waals surface area contributed by atoms with Crippen LogP contribution in [-0.2, 0) is 0 Å². The highest BCUT2D eigenvalue weighted by Crippen LogP contribution is 2.34. The first-order chi connectivity index (χ1) is 8.74. The van der Waals surface area contributed by atoms with E-state index in [1.165, 1.54) is 22.3 Å². The zero-order chi connectivity index (χ0) is 13.5. The Hall–Kier alpha value is -1.56. The Morgan fingerprint density at radius 3 is 2.56 bits per heavy atom. The Bertz CT molecular complexity index is 461. The van der Waals surface area contributed by atoms with Gasteiger partial charge in [0.15, 0.2) is 0 Å². The molecule has 1 unspecified atom stereocenters. The second-order valence-corrected chi connectivity index (χ2v) is 4.41. The fourth-order valence-corrected chi connectivity index (χ4v) is 2.39. The smallest absolute Gasteiger partial charge is 0.00891 e. The molecule has 18 heavy (non-hydrogen) atoms. The summed E-state index contributed by atoms with van der Waals surface area (Å²) in [4.78, 5) is 0. The second-order valence-electron chi connectivity index (χ2n) is 4.41. The van der Waals surface area contributed by atoms with Gasteiger partial charge in [0.1, 0.15) is 0 Å². The third kappa shape index (κ3) is 3.01. The van der Waals surface area contributed by atoms with Crippen LogP contribution in [0.1, 0.15) is 49.8 Å². The molecule has 1 aromatic rings. The maximum absolute atomic E-state index is 3.93. The van der Waals surface area contributed by atoms with Gasteiger partial charge in [-0.05, 0) is 37.0 Å². The van der Waals surface area contributed by atoms with Crippen LogP contribution in [-0.4, -0.2) is 0 Å². The van der Waals surface area contributed by atoms with Crippen molar-refractivity contribution in [1.29, 1.82) is 0 Å². The average Bonchev–Trinajstić information content (AvgIpc) is 2.41. The summed E-state index contributed by atoms with van der Waals surface area (Å²) in [5.74, 6) is 0.526. The molecule has 0 nitrogen and oxygen atoms in total. The average molecular weight is 240 g/mol. The Labute approximate surface area is 112 Å². The first-order valence-electron chi connectivity index (χ1n) is 6.79. The number of allylic oxidation sites excluding steroid dienone is 4. The third-order valence-corrected chi connectivity index (χ3v) is 3.35. The molecule has 0 heterocycles. The van der Waals surface area contributed by atoms with Crippen LogP contribution >= 0.6 is 0 Å². The summed E-state index contributed by atoms with van der Waals surface area (Å²) in [5.41, 5.74) is 5.47. The molecule has 1 aliphatic rings. The van der Waals surface area contributed by atoms with Gasteiger partial charge in [0.25, 0.3) is 0 Å². The number of hydrogen-bond acceptors (Lipinski definition) is 0. The van der Waals surface area contributed by atoms with Crippen LogP contribution in [0, 0.1) is 6.92 Å². The highest BCUT2D eigenvalue weighted by Gasteiger charge is 2.16. The summed E-state index contributed by atoms with van der Waals surface area (Å²) in [6.45, 7) is 12.3. The number of benzene rings is 1. The standard InChI is InChI=1S/C16H18.C2H6/c1-4-14-12(2)9-7-11-16(14)15-10-6-5-8-13(15)3;1-2/h4-9,11,15H,1,10H2,2-3H3;1-2H3. The lowest BCUT2D eigenvalue weighted by Crippen LogP contribution is -2.05. The Morgan fingerprint density at radius 2 is 1.94 bits per heavy atom. The molecule has 1 atom stereocenters. The quantitative estimate of drug-likeness (QED) is 0.626. The fourth-order valence-electron chi connectivity index (χ4n) is 2.39. The topological polar surface area (TPSA) is 0 Å². The summed E-state index contributed by atoms with van der Waals surface area (Å²) < 4.78 is 0. The number of rotatable bonds is 2. The van der Waals surface area contributed by atoms with E-state index in [-0.39, 0.29) is 0 Å². The van der Waals surface area contributed by atoms with Crippen molar-refractivity contribution in [3.63, 3.8) is 0 Å². The minimum atomic E-state index is 0.526. The maximum atomic E-state index is 3.93. The summed E-state index contributed by atoms with van der Waals surface area (Å²) in [5, 5.41) is 0. The largest absolute Gasteiger partial charge is 0.0984 e. The van der Waals surface area contributed by atoms with Crippen molar-refractivity contribution in [1.82, 2.24) is 0 Å². The lowest BCUT2D eigenvalue weighted by Gasteiger charge is -2.22. The fraction of sp³-hybridized carbons (Fsp3) is 0.333. The molecule has 0 amide bonds. The van der Waals surface area contributed by atoms with E-state index in [9.17, 15) is 0 Å². The van der Waals surface area contributed by atoms with Gasteiger partial charge in [-0.1, -0.05) is 68.5 Å². The molecule has 0 spiro atoms. The van der Waals surface area contributed by atoms with Gasteiger partial charge < -0.3 is 0 Å². The molecule has 0 radical (unpaired) electrons. The molecule has 96 valence electrons. The van der Waals surface area contributed by atoms with Crippen LogP contribution in [0.3, 0.4) is 0 Å². The summed E-state index contributed by atoms with van der Waals surface area (Å²) >= 11 is 0. The highest BCUT2D eigenvalue weighted by atomic mass is 14.2. The van der Waals surface area contributed by atoms with Gasteiger partial charge in [-0.15, -0.1) is 0 Å². The SMILES string of the molecule is C=Cc1c(C)cccc1C1CC=CC=C1C.CC. The van der Waals surface area contributed by atoms with Crippen LogP contribution in [0.2, 0.25) is 0 Å². The van der Waals surface area contributed by atoms with E-state index < -0.39 is 0 Å².